The van der Waals surface area contributed by atoms with E-state index in [4.69, 9.17) is 0 Å². The van der Waals surface area contributed by atoms with E-state index in [2.05, 4.69) is 27.5 Å². The zero-order valence-electron chi connectivity index (χ0n) is 11.8. The van der Waals surface area contributed by atoms with Gasteiger partial charge in [0.15, 0.2) is 0 Å². The van der Waals surface area contributed by atoms with Crippen LogP contribution in [0.25, 0.3) is 0 Å². The molecule has 2 N–H and O–H groups in total. The van der Waals surface area contributed by atoms with Crippen LogP contribution in [-0.4, -0.2) is 41.4 Å². The molecule has 0 bridgehead atoms. The largest absolute Gasteiger partial charge is 0.370 e. The van der Waals surface area contributed by atoms with Gasteiger partial charge in [-0.3, -0.25) is 14.9 Å². The topological polar surface area (TPSA) is 87.2 Å². The van der Waals surface area contributed by atoms with Crippen LogP contribution in [0, 0.1) is 0 Å². The normalized spacial score (nSPS) is 15.2. The summed E-state index contributed by atoms with van der Waals surface area (Å²) in [6, 6.07) is 0. The predicted octanol–water partition coefficient (Wildman–Crippen LogP) is 0.324. The van der Waals surface area contributed by atoms with Gasteiger partial charge in [0.05, 0.1) is 13.1 Å². The summed E-state index contributed by atoms with van der Waals surface area (Å²) in [7, 11) is 0. The van der Waals surface area contributed by atoms with Crippen molar-refractivity contribution in [2.24, 2.45) is 0 Å². The smallest absolute Gasteiger partial charge is 0.246 e. The first-order chi connectivity index (χ1) is 9.65. The molecule has 1 aromatic heterocycles. The van der Waals surface area contributed by atoms with E-state index in [9.17, 15) is 9.59 Å². The first-order valence-corrected chi connectivity index (χ1v) is 6.81. The lowest BCUT2D eigenvalue weighted by Crippen LogP contribution is -2.52. The molecule has 0 radical (unpaired) electrons. The Kier molecular flexibility index (Phi) is 4.49. The van der Waals surface area contributed by atoms with Crippen LogP contribution in [-0.2, 0) is 16.0 Å². The number of hydrogen-bond donors (Lipinski definition) is 2. The van der Waals surface area contributed by atoms with Crippen molar-refractivity contribution in [2.45, 2.75) is 26.7 Å². The molecule has 1 fully saturated rings. The molecule has 2 amide bonds. The highest BCUT2D eigenvalue weighted by Gasteiger charge is 2.26. The van der Waals surface area contributed by atoms with E-state index in [-0.39, 0.29) is 24.9 Å². The number of rotatable bonds is 5. The number of imide groups is 1. The standard InChI is InChI=1S/C13H19N5O2/c1-3-5-9-12(14-4-2)15-8-16-13(9)18-6-10(19)17-11(20)7-18/h8H,3-7H2,1-2H3,(H,14,15,16)(H,17,19,20). The fraction of sp³-hybridized carbons (Fsp3) is 0.538. The van der Waals surface area contributed by atoms with E-state index in [0.29, 0.717) is 5.82 Å². The van der Waals surface area contributed by atoms with Crippen molar-refractivity contribution in [3.05, 3.63) is 11.9 Å². The SMILES string of the molecule is CCCc1c(NCC)ncnc1N1CC(=O)NC(=O)C1. The number of nitrogens with zero attached hydrogens (tertiary/aromatic N) is 3. The summed E-state index contributed by atoms with van der Waals surface area (Å²) in [5, 5.41) is 5.49. The highest BCUT2D eigenvalue weighted by Crippen LogP contribution is 2.25. The fourth-order valence-electron chi connectivity index (χ4n) is 2.26. The van der Waals surface area contributed by atoms with Gasteiger partial charge in [-0.25, -0.2) is 9.97 Å². The third kappa shape index (κ3) is 3.04. The van der Waals surface area contributed by atoms with Gasteiger partial charge in [0.1, 0.15) is 18.0 Å². The number of amides is 2. The van der Waals surface area contributed by atoms with Crippen molar-refractivity contribution in [2.75, 3.05) is 29.9 Å². The minimum absolute atomic E-state index is 0.144. The summed E-state index contributed by atoms with van der Waals surface area (Å²) < 4.78 is 0. The summed E-state index contributed by atoms with van der Waals surface area (Å²) in [5.74, 6) is 0.846. The Bertz CT molecular complexity index is 501. The molecular weight excluding hydrogens is 258 g/mol. The van der Waals surface area contributed by atoms with Crippen LogP contribution in [0.5, 0.6) is 0 Å². The minimum Gasteiger partial charge on any atom is -0.370 e. The van der Waals surface area contributed by atoms with Gasteiger partial charge in [-0.05, 0) is 13.3 Å². The van der Waals surface area contributed by atoms with Gasteiger partial charge in [0, 0.05) is 12.1 Å². The van der Waals surface area contributed by atoms with Gasteiger partial charge >= 0.3 is 0 Å². The summed E-state index contributed by atoms with van der Waals surface area (Å²) >= 11 is 0. The van der Waals surface area contributed by atoms with Crippen LogP contribution in [0.1, 0.15) is 25.8 Å². The number of nitrogens with one attached hydrogen (secondary N) is 2. The molecule has 1 aliphatic rings. The van der Waals surface area contributed by atoms with E-state index < -0.39 is 0 Å². The number of piperazine rings is 1. The maximum absolute atomic E-state index is 11.5. The minimum atomic E-state index is -0.299. The maximum atomic E-state index is 11.5. The van der Waals surface area contributed by atoms with Crippen LogP contribution in [0.3, 0.4) is 0 Å². The number of aromatic nitrogens is 2. The molecule has 7 heteroatoms. The van der Waals surface area contributed by atoms with Gasteiger partial charge in [-0.15, -0.1) is 0 Å². The van der Waals surface area contributed by atoms with Gasteiger partial charge in [0.2, 0.25) is 11.8 Å². The van der Waals surface area contributed by atoms with E-state index >= 15 is 0 Å². The van der Waals surface area contributed by atoms with Gasteiger partial charge in [-0.1, -0.05) is 13.3 Å². The molecule has 0 saturated carbocycles. The van der Waals surface area contributed by atoms with E-state index in [0.717, 1.165) is 30.8 Å². The average Bonchev–Trinajstić information content (AvgIpc) is 2.40. The first-order valence-electron chi connectivity index (χ1n) is 6.81. The highest BCUT2D eigenvalue weighted by atomic mass is 16.2. The average molecular weight is 277 g/mol. The van der Waals surface area contributed by atoms with Gasteiger partial charge in [-0.2, -0.15) is 0 Å². The molecular formula is C13H19N5O2. The summed E-state index contributed by atoms with van der Waals surface area (Å²) in [5.41, 5.74) is 0.958. The van der Waals surface area contributed by atoms with Crippen molar-refractivity contribution >= 4 is 23.5 Å². The molecule has 0 aromatic carbocycles. The third-order valence-electron chi connectivity index (χ3n) is 3.01. The molecule has 1 aromatic rings. The first kappa shape index (κ1) is 14.2. The summed E-state index contributed by atoms with van der Waals surface area (Å²) in [4.78, 5) is 33.2. The van der Waals surface area contributed by atoms with Gasteiger partial charge < -0.3 is 10.2 Å². The quantitative estimate of drug-likeness (QED) is 0.754. The number of carbonyl (C=O) groups is 2. The number of anilines is 2. The van der Waals surface area contributed by atoms with Crippen molar-refractivity contribution in [3.8, 4) is 0 Å². The van der Waals surface area contributed by atoms with Crippen LogP contribution in [0.15, 0.2) is 6.33 Å². The van der Waals surface area contributed by atoms with Crippen LogP contribution in [0.4, 0.5) is 11.6 Å². The summed E-state index contributed by atoms with van der Waals surface area (Å²) in [6.45, 7) is 5.11. The predicted molar refractivity (Wildman–Crippen MR) is 75.6 cm³/mol. The van der Waals surface area contributed by atoms with Crippen molar-refractivity contribution in [1.82, 2.24) is 15.3 Å². The molecule has 0 atom stereocenters. The Labute approximate surface area is 117 Å². The molecule has 0 unspecified atom stereocenters. The second-order valence-electron chi connectivity index (χ2n) is 4.63. The van der Waals surface area contributed by atoms with E-state index in [1.54, 1.807) is 4.90 Å². The Hall–Kier alpha value is -2.18. The fourth-order valence-corrected chi connectivity index (χ4v) is 2.26. The Balaban J connectivity index is 2.36. The molecule has 2 heterocycles. The maximum Gasteiger partial charge on any atom is 0.246 e. The second kappa shape index (κ2) is 6.31. The highest BCUT2D eigenvalue weighted by molar-refractivity contribution is 6.02. The Morgan fingerprint density at radius 1 is 1.25 bits per heavy atom. The third-order valence-corrected chi connectivity index (χ3v) is 3.01. The number of hydrogen-bond acceptors (Lipinski definition) is 6. The van der Waals surface area contributed by atoms with Crippen LogP contribution >= 0.6 is 0 Å². The van der Waals surface area contributed by atoms with E-state index in [1.165, 1.54) is 6.33 Å². The lowest BCUT2D eigenvalue weighted by Gasteiger charge is -2.28. The van der Waals surface area contributed by atoms with Crippen molar-refractivity contribution in [1.29, 1.82) is 0 Å². The lowest BCUT2D eigenvalue weighted by atomic mass is 10.1. The monoisotopic (exact) mass is 277 g/mol. The van der Waals surface area contributed by atoms with Crippen molar-refractivity contribution in [3.63, 3.8) is 0 Å². The molecule has 20 heavy (non-hydrogen) atoms. The molecule has 2 rings (SSSR count). The zero-order chi connectivity index (χ0) is 14.5. The van der Waals surface area contributed by atoms with Crippen LogP contribution < -0.4 is 15.5 Å². The molecule has 108 valence electrons. The zero-order valence-corrected chi connectivity index (χ0v) is 11.8. The molecule has 0 aliphatic carbocycles. The molecule has 1 saturated heterocycles. The lowest BCUT2D eigenvalue weighted by molar-refractivity contribution is -0.130. The summed E-state index contributed by atoms with van der Waals surface area (Å²) in [6.07, 6.45) is 3.20. The Morgan fingerprint density at radius 2 is 1.95 bits per heavy atom. The molecule has 7 nitrogen and oxygen atoms in total. The molecule has 0 spiro atoms. The van der Waals surface area contributed by atoms with Crippen molar-refractivity contribution < 1.29 is 9.59 Å². The van der Waals surface area contributed by atoms with Gasteiger partial charge in [0.25, 0.3) is 0 Å². The second-order valence-corrected chi connectivity index (χ2v) is 4.63. The van der Waals surface area contributed by atoms with E-state index in [1.807, 2.05) is 6.92 Å². The van der Waals surface area contributed by atoms with Crippen LogP contribution in [0.2, 0.25) is 0 Å². The Morgan fingerprint density at radius 3 is 2.55 bits per heavy atom. The molecule has 1 aliphatic heterocycles. The number of carbonyl (C=O) groups excluding carboxylic acids is 2.